The highest BCUT2D eigenvalue weighted by Gasteiger charge is 2.29. The fourth-order valence-electron chi connectivity index (χ4n) is 4.33. The van der Waals surface area contributed by atoms with Crippen molar-refractivity contribution in [1.29, 1.82) is 0 Å². The van der Waals surface area contributed by atoms with Crippen LogP contribution in [0.1, 0.15) is 47.7 Å². The van der Waals surface area contributed by atoms with Gasteiger partial charge in [0.1, 0.15) is 5.75 Å². The lowest BCUT2D eigenvalue weighted by Crippen LogP contribution is -2.45. The van der Waals surface area contributed by atoms with Gasteiger partial charge in [0.15, 0.2) is 0 Å². The summed E-state index contributed by atoms with van der Waals surface area (Å²) in [6, 6.07) is 18.3. The normalized spacial score (nSPS) is 19.0. The zero-order chi connectivity index (χ0) is 20.5. The molecule has 5 nitrogen and oxygen atoms in total. The number of carbonyl (C=O) groups excluding carboxylic acids is 1. The Labute approximate surface area is 177 Å². The summed E-state index contributed by atoms with van der Waals surface area (Å²) in [6.07, 6.45) is 4.41. The number of hydrogen-bond acceptors (Lipinski definition) is 4. The molecule has 1 atom stereocenters. The van der Waals surface area contributed by atoms with Crippen molar-refractivity contribution in [2.24, 2.45) is 0 Å². The Balaban J connectivity index is 1.36. The van der Waals surface area contributed by atoms with Gasteiger partial charge in [-0.1, -0.05) is 18.2 Å². The number of hydrogen-bond donors (Lipinski definition) is 1. The van der Waals surface area contributed by atoms with Gasteiger partial charge in [-0.2, -0.15) is 0 Å². The average molecular weight is 402 g/mol. The zero-order valence-corrected chi connectivity index (χ0v) is 17.3. The van der Waals surface area contributed by atoms with Crippen LogP contribution in [0.3, 0.4) is 0 Å². The average Bonchev–Trinajstić information content (AvgIpc) is 3.64. The van der Waals surface area contributed by atoms with Crippen molar-refractivity contribution in [3.8, 4) is 5.75 Å². The molecule has 5 heteroatoms. The Hall–Kier alpha value is -3.08. The predicted molar refractivity (Wildman–Crippen MR) is 119 cm³/mol. The quantitative estimate of drug-likeness (QED) is 0.665. The van der Waals surface area contributed by atoms with Crippen LogP contribution in [0.2, 0.25) is 0 Å². The fourth-order valence-corrected chi connectivity index (χ4v) is 4.33. The molecule has 1 saturated heterocycles. The molecule has 1 saturated carbocycles. The molecule has 0 unspecified atom stereocenters. The third-order valence-corrected chi connectivity index (χ3v) is 6.13. The molecule has 5 rings (SSSR count). The minimum atomic E-state index is 0.122. The molecule has 1 amide bonds. The van der Waals surface area contributed by atoms with Crippen molar-refractivity contribution in [3.63, 3.8) is 0 Å². The number of methoxy groups -OCH3 is 1. The number of fused-ring (bicyclic) bond motifs is 1. The van der Waals surface area contributed by atoms with Gasteiger partial charge in [0.25, 0.3) is 5.91 Å². The second-order valence-corrected chi connectivity index (χ2v) is 8.35. The first-order valence-corrected chi connectivity index (χ1v) is 10.8. The molecule has 154 valence electrons. The first-order valence-electron chi connectivity index (χ1n) is 10.8. The van der Waals surface area contributed by atoms with Crippen LogP contribution in [0.25, 0.3) is 10.9 Å². The number of rotatable bonds is 5. The van der Waals surface area contributed by atoms with Crippen LogP contribution in [0.15, 0.2) is 54.6 Å². The first-order chi connectivity index (χ1) is 14.7. The Morgan fingerprint density at radius 3 is 2.67 bits per heavy atom. The highest BCUT2D eigenvalue weighted by atomic mass is 16.5. The lowest BCUT2D eigenvalue weighted by molar-refractivity contribution is 0.0716. The number of para-hydroxylation sites is 1. The van der Waals surface area contributed by atoms with Crippen molar-refractivity contribution in [1.82, 2.24) is 9.88 Å². The van der Waals surface area contributed by atoms with Gasteiger partial charge in [0.2, 0.25) is 0 Å². The van der Waals surface area contributed by atoms with Gasteiger partial charge in [-0.25, -0.2) is 0 Å². The van der Waals surface area contributed by atoms with Crippen LogP contribution in [-0.2, 0) is 0 Å². The van der Waals surface area contributed by atoms with Gasteiger partial charge in [0, 0.05) is 41.8 Å². The number of amides is 1. The molecule has 2 heterocycles. The SMILES string of the molecule is COc1ccc(N[C@@H]2CCCN(C(=O)c3cc(C4CC4)nc4ccccc34)C2)cc1. The van der Waals surface area contributed by atoms with E-state index in [1.165, 1.54) is 12.8 Å². The maximum atomic E-state index is 13.5. The number of benzene rings is 2. The van der Waals surface area contributed by atoms with E-state index >= 15 is 0 Å². The monoisotopic (exact) mass is 401 g/mol. The van der Waals surface area contributed by atoms with Crippen molar-refractivity contribution in [2.75, 3.05) is 25.5 Å². The Kier molecular flexibility index (Phi) is 5.03. The molecular weight excluding hydrogens is 374 g/mol. The van der Waals surface area contributed by atoms with Crippen LogP contribution in [0.4, 0.5) is 5.69 Å². The molecule has 30 heavy (non-hydrogen) atoms. The van der Waals surface area contributed by atoms with Crippen LogP contribution in [-0.4, -0.2) is 42.0 Å². The highest BCUT2D eigenvalue weighted by Crippen LogP contribution is 2.40. The van der Waals surface area contributed by atoms with Crippen molar-refractivity contribution < 1.29 is 9.53 Å². The molecule has 3 aromatic rings. The lowest BCUT2D eigenvalue weighted by Gasteiger charge is -2.34. The lowest BCUT2D eigenvalue weighted by atomic mass is 10.0. The van der Waals surface area contributed by atoms with Crippen molar-refractivity contribution in [2.45, 2.75) is 37.6 Å². The van der Waals surface area contributed by atoms with E-state index in [1.54, 1.807) is 7.11 Å². The summed E-state index contributed by atoms with van der Waals surface area (Å²) in [4.78, 5) is 20.4. The fraction of sp³-hybridized carbons (Fsp3) is 0.360. The third-order valence-electron chi connectivity index (χ3n) is 6.13. The molecule has 2 fully saturated rings. The molecule has 2 aliphatic rings. The topological polar surface area (TPSA) is 54.5 Å². The number of ether oxygens (including phenoxy) is 1. The largest absolute Gasteiger partial charge is 0.497 e. The number of nitrogens with one attached hydrogen (secondary N) is 1. The van der Waals surface area contributed by atoms with Gasteiger partial charge < -0.3 is 15.0 Å². The highest BCUT2D eigenvalue weighted by molar-refractivity contribution is 6.06. The Morgan fingerprint density at radius 2 is 1.90 bits per heavy atom. The third kappa shape index (κ3) is 3.84. The smallest absolute Gasteiger partial charge is 0.254 e. The summed E-state index contributed by atoms with van der Waals surface area (Å²) in [5.74, 6) is 1.49. The van der Waals surface area contributed by atoms with E-state index in [9.17, 15) is 4.79 Å². The second-order valence-electron chi connectivity index (χ2n) is 8.35. The van der Waals surface area contributed by atoms with E-state index in [2.05, 4.69) is 5.32 Å². The number of carbonyl (C=O) groups is 1. The molecule has 1 aromatic heterocycles. The van der Waals surface area contributed by atoms with Gasteiger partial charge in [-0.3, -0.25) is 9.78 Å². The summed E-state index contributed by atoms with van der Waals surface area (Å²) in [5.41, 5.74) is 3.85. The number of pyridine rings is 1. The minimum Gasteiger partial charge on any atom is -0.497 e. The maximum absolute atomic E-state index is 13.5. The number of nitrogens with zero attached hydrogens (tertiary/aromatic N) is 2. The van der Waals surface area contributed by atoms with Crippen LogP contribution in [0, 0.1) is 0 Å². The zero-order valence-electron chi connectivity index (χ0n) is 17.3. The van der Waals surface area contributed by atoms with E-state index < -0.39 is 0 Å². The van der Waals surface area contributed by atoms with Gasteiger partial charge in [-0.05, 0) is 62.1 Å². The number of piperidine rings is 1. The van der Waals surface area contributed by atoms with Crippen molar-refractivity contribution in [3.05, 3.63) is 65.9 Å². The standard InChI is InChI=1S/C25H27N3O2/c1-30-20-12-10-18(11-13-20)26-19-5-4-14-28(16-19)25(29)22-15-24(17-8-9-17)27-23-7-3-2-6-21(22)23/h2-3,6-7,10-13,15,17,19,26H,4-5,8-9,14,16H2,1H3/t19-/m1/s1. The summed E-state index contributed by atoms with van der Waals surface area (Å²) >= 11 is 0. The van der Waals surface area contributed by atoms with Gasteiger partial charge >= 0.3 is 0 Å². The summed E-state index contributed by atoms with van der Waals surface area (Å²) in [6.45, 7) is 1.51. The molecule has 1 aliphatic heterocycles. The Morgan fingerprint density at radius 1 is 1.10 bits per heavy atom. The summed E-state index contributed by atoms with van der Waals surface area (Å²) < 4.78 is 5.24. The maximum Gasteiger partial charge on any atom is 0.254 e. The van der Waals surface area contributed by atoms with Crippen LogP contribution >= 0.6 is 0 Å². The molecule has 0 bridgehead atoms. The van der Waals surface area contributed by atoms with E-state index in [-0.39, 0.29) is 11.9 Å². The molecular formula is C25H27N3O2. The van der Waals surface area contributed by atoms with Crippen LogP contribution < -0.4 is 10.1 Å². The molecule has 2 aromatic carbocycles. The summed E-state index contributed by atoms with van der Waals surface area (Å²) in [5, 5.41) is 4.54. The number of aromatic nitrogens is 1. The molecule has 1 N–H and O–H groups in total. The summed E-state index contributed by atoms with van der Waals surface area (Å²) in [7, 11) is 1.67. The molecule has 0 radical (unpaired) electrons. The molecule has 0 spiro atoms. The number of anilines is 1. The second kappa shape index (κ2) is 7.98. The van der Waals surface area contributed by atoms with Gasteiger partial charge in [-0.15, -0.1) is 0 Å². The van der Waals surface area contributed by atoms with E-state index in [0.717, 1.165) is 53.0 Å². The van der Waals surface area contributed by atoms with E-state index in [0.29, 0.717) is 12.5 Å². The predicted octanol–water partition coefficient (Wildman–Crippen LogP) is 4.84. The first kappa shape index (κ1) is 18.9. The van der Waals surface area contributed by atoms with Gasteiger partial charge in [0.05, 0.1) is 18.2 Å². The van der Waals surface area contributed by atoms with E-state index in [1.807, 2.05) is 59.5 Å². The minimum absolute atomic E-state index is 0.122. The molecule has 1 aliphatic carbocycles. The van der Waals surface area contributed by atoms with Crippen LogP contribution in [0.5, 0.6) is 5.75 Å². The number of likely N-dealkylation sites (tertiary alicyclic amines) is 1. The van der Waals surface area contributed by atoms with E-state index in [4.69, 9.17) is 9.72 Å². The Bertz CT molecular complexity index is 1060. The van der Waals surface area contributed by atoms with Crippen molar-refractivity contribution >= 4 is 22.5 Å².